The minimum Gasteiger partial charge on any atom is -0.367 e. The Kier molecular flexibility index (Phi) is 4.80. The third-order valence-corrected chi connectivity index (χ3v) is 4.09. The molecule has 0 fully saturated rings. The predicted molar refractivity (Wildman–Crippen MR) is 80.6 cm³/mol. The quantitative estimate of drug-likeness (QED) is 0.912. The fourth-order valence-corrected chi connectivity index (χ4v) is 3.08. The van der Waals surface area contributed by atoms with Crippen molar-refractivity contribution in [2.45, 2.75) is 13.0 Å². The summed E-state index contributed by atoms with van der Waals surface area (Å²) < 4.78 is 14.8. The van der Waals surface area contributed by atoms with Crippen LogP contribution < -0.4 is 10.6 Å². The summed E-state index contributed by atoms with van der Waals surface area (Å²) in [6, 6.07) is 9.10. The van der Waals surface area contributed by atoms with Gasteiger partial charge in [0.2, 0.25) is 0 Å². The fourth-order valence-electron chi connectivity index (χ4n) is 1.94. The molecule has 2 aromatic rings. The van der Waals surface area contributed by atoms with Gasteiger partial charge < -0.3 is 10.6 Å². The number of hydrogen-bond acceptors (Lipinski definition) is 3. The lowest BCUT2D eigenvalue weighted by molar-refractivity contribution is 0.620. The molecule has 0 bridgehead atoms. The molecule has 19 heavy (non-hydrogen) atoms. The zero-order chi connectivity index (χ0) is 13.8. The normalized spacial score (nSPS) is 10.7. The van der Waals surface area contributed by atoms with Crippen LogP contribution in [0.4, 0.5) is 10.1 Å². The largest absolute Gasteiger partial charge is 0.367 e. The van der Waals surface area contributed by atoms with Crippen molar-refractivity contribution in [2.24, 2.45) is 5.73 Å². The molecule has 1 aromatic heterocycles. The Balaban J connectivity index is 2.12. The highest BCUT2D eigenvalue weighted by molar-refractivity contribution is 7.16. The molecular weight excluding hydrogens is 283 g/mol. The van der Waals surface area contributed by atoms with Crippen molar-refractivity contribution < 1.29 is 4.39 Å². The second-order valence-corrected chi connectivity index (χ2v) is 6.19. The summed E-state index contributed by atoms with van der Waals surface area (Å²) in [7, 11) is 1.87. The van der Waals surface area contributed by atoms with Gasteiger partial charge in [-0.05, 0) is 42.8 Å². The van der Waals surface area contributed by atoms with Crippen LogP contribution in [0, 0.1) is 5.82 Å². The predicted octanol–water partition coefficient (Wildman–Crippen LogP) is 3.68. The van der Waals surface area contributed by atoms with Gasteiger partial charge in [0.05, 0.1) is 16.6 Å². The van der Waals surface area contributed by atoms with Gasteiger partial charge in [0, 0.05) is 11.9 Å². The molecule has 0 atom stereocenters. The van der Waals surface area contributed by atoms with Crippen LogP contribution in [-0.2, 0) is 13.0 Å². The molecule has 0 aliphatic heterocycles. The minimum atomic E-state index is -0.212. The standard InChI is InChI=1S/C14H16ClFN2S/c1-18(9-11-3-5-14(15)19-11)13-4-2-10(6-7-17)8-12(13)16/h2-5,8H,6-7,9,17H2,1H3. The van der Waals surface area contributed by atoms with Gasteiger partial charge in [0.25, 0.3) is 0 Å². The van der Waals surface area contributed by atoms with E-state index in [-0.39, 0.29) is 5.82 Å². The number of halogens is 2. The monoisotopic (exact) mass is 298 g/mol. The molecule has 0 amide bonds. The van der Waals surface area contributed by atoms with Crippen molar-refractivity contribution in [3.8, 4) is 0 Å². The van der Waals surface area contributed by atoms with Crippen molar-refractivity contribution in [1.29, 1.82) is 0 Å². The van der Waals surface area contributed by atoms with E-state index in [0.717, 1.165) is 14.8 Å². The van der Waals surface area contributed by atoms with E-state index in [1.807, 2.05) is 30.1 Å². The molecule has 0 saturated heterocycles. The van der Waals surface area contributed by atoms with Crippen molar-refractivity contribution in [2.75, 3.05) is 18.5 Å². The summed E-state index contributed by atoms with van der Waals surface area (Å²) in [5, 5.41) is 0. The summed E-state index contributed by atoms with van der Waals surface area (Å²) in [5.74, 6) is -0.212. The fraction of sp³-hybridized carbons (Fsp3) is 0.286. The molecule has 1 aromatic carbocycles. The van der Waals surface area contributed by atoms with Crippen LogP contribution in [0.1, 0.15) is 10.4 Å². The van der Waals surface area contributed by atoms with Crippen LogP contribution in [0.3, 0.4) is 0 Å². The molecule has 0 radical (unpaired) electrons. The van der Waals surface area contributed by atoms with Gasteiger partial charge in [-0.15, -0.1) is 11.3 Å². The van der Waals surface area contributed by atoms with Crippen molar-refractivity contribution in [3.63, 3.8) is 0 Å². The zero-order valence-corrected chi connectivity index (χ0v) is 12.3. The first-order chi connectivity index (χ1) is 9.10. The van der Waals surface area contributed by atoms with Crippen LogP contribution >= 0.6 is 22.9 Å². The number of nitrogens with two attached hydrogens (primary N) is 1. The Hall–Kier alpha value is -1.10. The van der Waals surface area contributed by atoms with E-state index < -0.39 is 0 Å². The van der Waals surface area contributed by atoms with Gasteiger partial charge in [-0.1, -0.05) is 17.7 Å². The zero-order valence-electron chi connectivity index (χ0n) is 10.7. The Morgan fingerprint density at radius 3 is 2.68 bits per heavy atom. The lowest BCUT2D eigenvalue weighted by atomic mass is 10.1. The first-order valence-electron chi connectivity index (χ1n) is 6.04. The van der Waals surface area contributed by atoms with E-state index >= 15 is 0 Å². The maximum absolute atomic E-state index is 14.0. The number of benzene rings is 1. The summed E-state index contributed by atoms with van der Waals surface area (Å²) in [6.07, 6.45) is 0.696. The first-order valence-corrected chi connectivity index (χ1v) is 7.23. The second kappa shape index (κ2) is 6.37. The Labute approximate surface area is 121 Å². The van der Waals surface area contributed by atoms with Gasteiger partial charge in [0.1, 0.15) is 5.82 Å². The lowest BCUT2D eigenvalue weighted by Gasteiger charge is -2.19. The molecule has 1 heterocycles. The number of hydrogen-bond donors (Lipinski definition) is 1. The molecule has 2 N–H and O–H groups in total. The molecule has 0 saturated carbocycles. The molecule has 0 aliphatic rings. The lowest BCUT2D eigenvalue weighted by Crippen LogP contribution is -2.17. The number of anilines is 1. The van der Waals surface area contributed by atoms with E-state index in [2.05, 4.69) is 0 Å². The first kappa shape index (κ1) is 14.3. The second-order valence-electron chi connectivity index (χ2n) is 4.39. The van der Waals surface area contributed by atoms with E-state index in [9.17, 15) is 4.39 Å². The van der Waals surface area contributed by atoms with Crippen molar-refractivity contribution in [3.05, 3.63) is 50.9 Å². The van der Waals surface area contributed by atoms with Gasteiger partial charge in [-0.3, -0.25) is 0 Å². The Bertz CT molecular complexity index is 556. The van der Waals surface area contributed by atoms with Crippen LogP contribution in [0.25, 0.3) is 0 Å². The average molecular weight is 299 g/mol. The van der Waals surface area contributed by atoms with Crippen molar-refractivity contribution in [1.82, 2.24) is 0 Å². The molecule has 2 rings (SSSR count). The highest BCUT2D eigenvalue weighted by atomic mass is 35.5. The average Bonchev–Trinajstić information content (AvgIpc) is 2.75. The van der Waals surface area contributed by atoms with Crippen LogP contribution in [-0.4, -0.2) is 13.6 Å². The highest BCUT2D eigenvalue weighted by Gasteiger charge is 2.10. The third kappa shape index (κ3) is 3.69. The summed E-state index contributed by atoms with van der Waals surface area (Å²) in [5.41, 5.74) is 6.98. The van der Waals surface area contributed by atoms with Crippen LogP contribution in [0.15, 0.2) is 30.3 Å². The molecule has 2 nitrogen and oxygen atoms in total. The van der Waals surface area contributed by atoms with Crippen molar-refractivity contribution >= 4 is 28.6 Å². The Morgan fingerprint density at radius 2 is 2.11 bits per heavy atom. The maximum atomic E-state index is 14.0. The topological polar surface area (TPSA) is 29.3 Å². The smallest absolute Gasteiger partial charge is 0.146 e. The van der Waals surface area contributed by atoms with Crippen LogP contribution in [0.2, 0.25) is 4.34 Å². The van der Waals surface area contributed by atoms with E-state index in [1.54, 1.807) is 12.1 Å². The SMILES string of the molecule is CN(Cc1ccc(Cl)s1)c1ccc(CCN)cc1F. The molecule has 5 heteroatoms. The maximum Gasteiger partial charge on any atom is 0.146 e. The highest BCUT2D eigenvalue weighted by Crippen LogP contribution is 2.26. The van der Waals surface area contributed by atoms with Gasteiger partial charge in [-0.2, -0.15) is 0 Å². The summed E-state index contributed by atoms with van der Waals surface area (Å²) in [6.45, 7) is 1.17. The number of thiophene rings is 1. The van der Waals surface area contributed by atoms with Gasteiger partial charge in [-0.25, -0.2) is 4.39 Å². The van der Waals surface area contributed by atoms with Gasteiger partial charge in [0.15, 0.2) is 0 Å². The summed E-state index contributed by atoms with van der Waals surface area (Å²) >= 11 is 7.40. The molecule has 0 aliphatic carbocycles. The van der Waals surface area contributed by atoms with Crippen LogP contribution in [0.5, 0.6) is 0 Å². The summed E-state index contributed by atoms with van der Waals surface area (Å²) in [4.78, 5) is 2.99. The number of rotatable bonds is 5. The minimum absolute atomic E-state index is 0.212. The molecule has 0 spiro atoms. The Morgan fingerprint density at radius 1 is 1.32 bits per heavy atom. The van der Waals surface area contributed by atoms with E-state index in [0.29, 0.717) is 25.2 Å². The molecular formula is C14H16ClFN2S. The molecule has 102 valence electrons. The molecule has 0 unspecified atom stereocenters. The third-order valence-electron chi connectivity index (χ3n) is 2.88. The number of nitrogens with zero attached hydrogens (tertiary/aromatic N) is 1. The van der Waals surface area contributed by atoms with E-state index in [1.165, 1.54) is 11.3 Å². The van der Waals surface area contributed by atoms with Gasteiger partial charge >= 0.3 is 0 Å². The van der Waals surface area contributed by atoms with E-state index in [4.69, 9.17) is 17.3 Å².